The molecule has 64 valence electrons. The minimum Gasteiger partial charge on any atom is -0.237 e. The summed E-state index contributed by atoms with van der Waals surface area (Å²) in [5.74, 6) is 1.51. The molecule has 0 spiro atoms. The van der Waals surface area contributed by atoms with Crippen LogP contribution in [0.15, 0.2) is 0 Å². The molecular weight excluding hydrogens is 286 g/mol. The van der Waals surface area contributed by atoms with E-state index in [1.165, 1.54) is 12.8 Å². The molecule has 2 nitrogen and oxygen atoms in total. The summed E-state index contributed by atoms with van der Waals surface area (Å²) in [6.45, 7) is 1.97. The van der Waals surface area contributed by atoms with Crippen LogP contribution in [-0.2, 0) is 0 Å². The van der Waals surface area contributed by atoms with Crippen molar-refractivity contribution in [3.63, 3.8) is 0 Å². The largest absolute Gasteiger partial charge is 0.237 e. The Morgan fingerprint density at radius 2 is 2.08 bits per heavy atom. The summed E-state index contributed by atoms with van der Waals surface area (Å²) < 4.78 is 0.971. The fraction of sp³-hybridized carbons (Fsp3) is 0.500. The average molecular weight is 295 g/mol. The van der Waals surface area contributed by atoms with Crippen molar-refractivity contribution >= 4 is 34.2 Å². The van der Waals surface area contributed by atoms with Crippen LogP contribution in [0.1, 0.15) is 30.3 Å². The highest BCUT2D eigenvalue weighted by Gasteiger charge is 2.27. The molecule has 1 aliphatic rings. The molecule has 0 aliphatic heterocycles. The van der Waals surface area contributed by atoms with Gasteiger partial charge in [-0.25, -0.2) is 9.97 Å². The maximum absolute atomic E-state index is 5.93. The Morgan fingerprint density at radius 1 is 1.42 bits per heavy atom. The third-order valence-electron chi connectivity index (χ3n) is 1.94. The second-order valence-corrected chi connectivity index (χ2v) is 4.48. The number of rotatable bonds is 1. The zero-order valence-electron chi connectivity index (χ0n) is 6.64. The first kappa shape index (κ1) is 8.69. The van der Waals surface area contributed by atoms with Crippen LogP contribution in [0.4, 0.5) is 0 Å². The number of aromatic nitrogens is 2. The Kier molecular flexibility index (Phi) is 2.25. The van der Waals surface area contributed by atoms with Crippen molar-refractivity contribution in [2.45, 2.75) is 25.7 Å². The van der Waals surface area contributed by atoms with Gasteiger partial charge in [0.15, 0.2) is 0 Å². The predicted molar refractivity (Wildman–Crippen MR) is 56.5 cm³/mol. The van der Waals surface area contributed by atoms with E-state index in [9.17, 15) is 0 Å². The van der Waals surface area contributed by atoms with E-state index in [1.807, 2.05) is 6.92 Å². The third kappa shape index (κ3) is 1.57. The van der Waals surface area contributed by atoms with Crippen molar-refractivity contribution in [1.29, 1.82) is 0 Å². The molecule has 1 fully saturated rings. The molecule has 1 aromatic heterocycles. The molecule has 0 saturated heterocycles. The number of hydrogen-bond acceptors (Lipinski definition) is 2. The zero-order chi connectivity index (χ0) is 8.72. The molecule has 1 aliphatic carbocycles. The lowest BCUT2D eigenvalue weighted by Gasteiger charge is -2.02. The van der Waals surface area contributed by atoms with Gasteiger partial charge in [-0.15, -0.1) is 0 Å². The van der Waals surface area contributed by atoms with Gasteiger partial charge in [0.05, 0.1) is 9.26 Å². The molecule has 4 heteroatoms. The van der Waals surface area contributed by atoms with Crippen molar-refractivity contribution in [2.75, 3.05) is 0 Å². The van der Waals surface area contributed by atoms with Gasteiger partial charge >= 0.3 is 0 Å². The van der Waals surface area contributed by atoms with E-state index in [4.69, 9.17) is 11.6 Å². The number of aryl methyl sites for hydroxylation is 1. The second kappa shape index (κ2) is 3.10. The normalized spacial score (nSPS) is 16.6. The van der Waals surface area contributed by atoms with Crippen molar-refractivity contribution < 1.29 is 0 Å². The molecule has 2 rings (SSSR count). The van der Waals surface area contributed by atoms with Crippen LogP contribution in [0.2, 0.25) is 5.15 Å². The Hall–Kier alpha value is 0.100. The molecular formula is C8H8ClIN2. The van der Waals surface area contributed by atoms with Gasteiger partial charge in [0.25, 0.3) is 0 Å². The Balaban J connectivity index is 2.45. The van der Waals surface area contributed by atoms with Gasteiger partial charge in [-0.2, -0.15) is 0 Å². The monoisotopic (exact) mass is 294 g/mol. The van der Waals surface area contributed by atoms with Crippen molar-refractivity contribution in [2.24, 2.45) is 0 Å². The minimum absolute atomic E-state index is 0.582. The lowest BCUT2D eigenvalue weighted by atomic mass is 10.3. The lowest BCUT2D eigenvalue weighted by molar-refractivity contribution is 0.899. The molecule has 1 aromatic rings. The lowest BCUT2D eigenvalue weighted by Crippen LogP contribution is -1.98. The molecule has 0 radical (unpaired) electrons. The first-order valence-corrected chi connectivity index (χ1v) is 5.33. The van der Waals surface area contributed by atoms with Crippen LogP contribution in [0, 0.1) is 10.5 Å². The molecule has 1 heterocycles. The van der Waals surface area contributed by atoms with Crippen LogP contribution < -0.4 is 0 Å². The summed E-state index contributed by atoms with van der Waals surface area (Å²) in [7, 11) is 0. The van der Waals surface area contributed by atoms with E-state index in [-0.39, 0.29) is 0 Å². The topological polar surface area (TPSA) is 25.8 Å². The van der Waals surface area contributed by atoms with E-state index in [0.717, 1.165) is 15.1 Å². The van der Waals surface area contributed by atoms with E-state index in [0.29, 0.717) is 11.1 Å². The summed E-state index contributed by atoms with van der Waals surface area (Å²) >= 11 is 8.10. The molecule has 12 heavy (non-hydrogen) atoms. The maximum atomic E-state index is 5.93. The highest BCUT2D eigenvalue weighted by molar-refractivity contribution is 14.1. The van der Waals surface area contributed by atoms with Gasteiger partial charge in [-0.3, -0.25) is 0 Å². The SMILES string of the molecule is Cc1nc(C2CC2)nc(Cl)c1I. The second-order valence-electron chi connectivity index (χ2n) is 3.05. The summed E-state index contributed by atoms with van der Waals surface area (Å²) in [5.41, 5.74) is 0.998. The molecule has 0 bridgehead atoms. The van der Waals surface area contributed by atoms with Crippen LogP contribution in [-0.4, -0.2) is 9.97 Å². The molecule has 1 saturated carbocycles. The van der Waals surface area contributed by atoms with E-state index in [2.05, 4.69) is 32.6 Å². The van der Waals surface area contributed by atoms with Gasteiger partial charge in [-0.05, 0) is 42.4 Å². The highest BCUT2D eigenvalue weighted by atomic mass is 127. The summed E-state index contributed by atoms with van der Waals surface area (Å²) in [5, 5.41) is 0.602. The molecule has 0 N–H and O–H groups in total. The van der Waals surface area contributed by atoms with E-state index in [1.54, 1.807) is 0 Å². The Labute approximate surface area is 89.9 Å². The fourth-order valence-electron chi connectivity index (χ4n) is 1.07. The standard InChI is InChI=1S/C8H8ClIN2/c1-4-6(10)7(9)12-8(11-4)5-2-3-5/h5H,2-3H2,1H3. The fourth-order valence-corrected chi connectivity index (χ4v) is 1.53. The van der Waals surface area contributed by atoms with Crippen molar-refractivity contribution in [1.82, 2.24) is 9.97 Å². The Morgan fingerprint density at radius 3 is 2.58 bits per heavy atom. The van der Waals surface area contributed by atoms with Crippen molar-refractivity contribution in [3.8, 4) is 0 Å². The Bertz CT molecular complexity index is 300. The number of nitrogens with zero attached hydrogens (tertiary/aromatic N) is 2. The van der Waals surface area contributed by atoms with E-state index >= 15 is 0 Å². The summed E-state index contributed by atoms with van der Waals surface area (Å²) in [4.78, 5) is 8.63. The van der Waals surface area contributed by atoms with Crippen LogP contribution in [0.25, 0.3) is 0 Å². The first-order valence-electron chi connectivity index (χ1n) is 3.88. The highest BCUT2D eigenvalue weighted by Crippen LogP contribution is 2.38. The summed E-state index contributed by atoms with van der Waals surface area (Å²) in [6, 6.07) is 0. The van der Waals surface area contributed by atoms with Crippen LogP contribution in [0.5, 0.6) is 0 Å². The van der Waals surface area contributed by atoms with Crippen LogP contribution in [0.3, 0.4) is 0 Å². The van der Waals surface area contributed by atoms with Gasteiger partial charge in [0.2, 0.25) is 0 Å². The van der Waals surface area contributed by atoms with Gasteiger partial charge < -0.3 is 0 Å². The average Bonchev–Trinajstić information content (AvgIpc) is 2.81. The number of hydrogen-bond donors (Lipinski definition) is 0. The smallest absolute Gasteiger partial charge is 0.146 e. The van der Waals surface area contributed by atoms with Crippen LogP contribution >= 0.6 is 34.2 Å². The molecule has 0 unspecified atom stereocenters. The molecule has 0 amide bonds. The minimum atomic E-state index is 0.582. The zero-order valence-corrected chi connectivity index (χ0v) is 9.56. The van der Waals surface area contributed by atoms with Gasteiger partial charge in [0.1, 0.15) is 11.0 Å². The first-order chi connectivity index (χ1) is 5.68. The summed E-state index contributed by atoms with van der Waals surface area (Å²) in [6.07, 6.45) is 2.44. The number of halogens is 2. The van der Waals surface area contributed by atoms with Gasteiger partial charge in [-0.1, -0.05) is 11.6 Å². The quantitative estimate of drug-likeness (QED) is 0.588. The van der Waals surface area contributed by atoms with E-state index < -0.39 is 0 Å². The predicted octanol–water partition coefficient (Wildman–Crippen LogP) is 2.92. The van der Waals surface area contributed by atoms with Crippen molar-refractivity contribution in [3.05, 3.63) is 20.2 Å². The maximum Gasteiger partial charge on any atom is 0.146 e. The third-order valence-corrected chi connectivity index (χ3v) is 3.82. The molecule has 0 atom stereocenters. The van der Waals surface area contributed by atoms with Gasteiger partial charge in [0, 0.05) is 5.92 Å². The molecule has 0 aromatic carbocycles.